The second kappa shape index (κ2) is 4.49. The second-order valence-corrected chi connectivity index (χ2v) is 5.94. The van der Waals surface area contributed by atoms with Crippen LogP contribution in [0.2, 0.25) is 0 Å². The minimum atomic E-state index is 0. The molecule has 0 aliphatic carbocycles. The molecule has 0 aliphatic rings. The van der Waals surface area contributed by atoms with Crippen LogP contribution in [-0.4, -0.2) is 19.5 Å². The van der Waals surface area contributed by atoms with Crippen molar-refractivity contribution >= 4 is 45.4 Å². The first-order chi connectivity index (χ1) is 7.72. The first kappa shape index (κ1) is 12.1. The summed E-state index contributed by atoms with van der Waals surface area (Å²) in [6, 6.07) is 11.7. The van der Waals surface area contributed by atoms with E-state index in [0.717, 1.165) is 22.4 Å². The number of hydrogen-bond acceptors (Lipinski definition) is 3. The first-order valence-electron chi connectivity index (χ1n) is 4.91. The molecule has 3 rings (SSSR count). The molecule has 1 aromatic heterocycles. The van der Waals surface area contributed by atoms with Crippen LogP contribution in [0.15, 0.2) is 36.4 Å². The molecule has 0 fully saturated rings. The Balaban J connectivity index is 0.00000108. The van der Waals surface area contributed by atoms with Crippen molar-refractivity contribution in [3.05, 3.63) is 36.4 Å². The molecule has 3 aromatic rings. The Bertz CT molecular complexity index is 643. The minimum absolute atomic E-state index is 0. The van der Waals surface area contributed by atoms with Gasteiger partial charge in [-0.2, -0.15) is 0 Å². The number of rotatable bonds is 0. The smallest absolute Gasteiger partial charge is 1.00 e. The van der Waals surface area contributed by atoms with E-state index in [1.54, 1.807) is 0 Å². The molecule has 1 heterocycles. The first-order valence-corrected chi connectivity index (χ1v) is 6.62. The van der Waals surface area contributed by atoms with Gasteiger partial charge in [0.2, 0.25) is 0 Å². The summed E-state index contributed by atoms with van der Waals surface area (Å²) in [7, 11) is 0. The number of halogens is 1. The van der Waals surface area contributed by atoms with E-state index in [-0.39, 0.29) is 26.9 Å². The van der Waals surface area contributed by atoms with Crippen molar-refractivity contribution in [2.75, 3.05) is 11.5 Å². The molecule has 0 saturated carbocycles. The molecule has 0 saturated heterocycles. The van der Waals surface area contributed by atoms with Gasteiger partial charge in [0.15, 0.2) is 0 Å². The van der Waals surface area contributed by atoms with Crippen LogP contribution in [-0.2, 0) is 0 Å². The van der Waals surface area contributed by atoms with Crippen molar-refractivity contribution in [3.63, 3.8) is 0 Å². The maximum Gasteiger partial charge on any atom is -1.00 e. The maximum absolute atomic E-state index is 5.78. The Morgan fingerprint density at radius 1 is 0.824 bits per heavy atom. The van der Waals surface area contributed by atoms with Crippen LogP contribution in [0.1, 0.15) is 0 Å². The van der Waals surface area contributed by atoms with Crippen molar-refractivity contribution in [3.8, 4) is 0 Å². The fraction of sp³-hybridized carbons (Fsp3) is 0. The summed E-state index contributed by atoms with van der Waals surface area (Å²) in [4.78, 5) is 4.60. The van der Waals surface area contributed by atoms with Crippen molar-refractivity contribution in [2.45, 2.75) is 0 Å². The summed E-state index contributed by atoms with van der Waals surface area (Å²) in [6.45, 7) is 0. The van der Waals surface area contributed by atoms with E-state index in [9.17, 15) is 0 Å². The Morgan fingerprint density at radius 3 is 1.76 bits per heavy atom. The van der Waals surface area contributed by atoms with Gasteiger partial charge in [-0.05, 0) is 0 Å². The van der Waals surface area contributed by atoms with E-state index >= 15 is 0 Å². The number of benzene rings is 2. The number of aromatic nitrogens is 1. The van der Waals surface area contributed by atoms with Crippen molar-refractivity contribution < 1.29 is 12.4 Å². The van der Waals surface area contributed by atoms with Gasteiger partial charge >= 0.3 is 98.3 Å². The Morgan fingerprint density at radius 2 is 1.29 bits per heavy atom. The summed E-state index contributed by atoms with van der Waals surface area (Å²) < 4.78 is 2.45. The van der Waals surface area contributed by atoms with Crippen LogP contribution in [0.25, 0.3) is 19.6 Å². The third-order valence-electron chi connectivity index (χ3n) is 2.43. The van der Waals surface area contributed by atoms with E-state index in [2.05, 4.69) is 4.98 Å². The van der Waals surface area contributed by atoms with Crippen LogP contribution in [0.5, 0.6) is 0 Å². The summed E-state index contributed by atoms with van der Waals surface area (Å²) >= 11 is 0.247. The molecule has 5 heteroatoms. The van der Waals surface area contributed by atoms with Crippen LogP contribution in [0.4, 0.5) is 11.4 Å². The SMILES string of the molecule is Nc1ccc2nc3ccc(N)cc3[se+]c2c1.[Cl-]. The number of anilines is 2. The Kier molecular flexibility index (Phi) is 3.20. The topological polar surface area (TPSA) is 64.9 Å². The van der Waals surface area contributed by atoms with Crippen molar-refractivity contribution in [1.29, 1.82) is 0 Å². The Labute approximate surface area is 111 Å². The average molecular weight is 311 g/mol. The summed E-state index contributed by atoms with van der Waals surface area (Å²) in [5.74, 6) is 0. The monoisotopic (exact) mass is 311 g/mol. The molecular weight excluding hydrogens is 301 g/mol. The average Bonchev–Trinajstić information content (AvgIpc) is 2.26. The quantitative estimate of drug-likeness (QED) is 0.315. The van der Waals surface area contributed by atoms with Gasteiger partial charge in [-0.3, -0.25) is 0 Å². The third-order valence-corrected chi connectivity index (χ3v) is 4.72. The number of nitrogens with two attached hydrogens (primary N) is 2. The molecule has 4 N–H and O–H groups in total. The van der Waals surface area contributed by atoms with Crippen molar-refractivity contribution in [1.82, 2.24) is 4.98 Å². The zero-order valence-corrected chi connectivity index (χ0v) is 11.3. The van der Waals surface area contributed by atoms with Gasteiger partial charge in [-0.15, -0.1) is 0 Å². The van der Waals surface area contributed by atoms with Crippen LogP contribution in [0, 0.1) is 0 Å². The van der Waals surface area contributed by atoms with Crippen LogP contribution in [0.3, 0.4) is 0 Å². The molecule has 0 spiro atoms. The largest absolute Gasteiger partial charge is 1.00 e. The molecule has 0 unspecified atom stereocenters. The second-order valence-electron chi connectivity index (χ2n) is 3.67. The molecule has 86 valence electrons. The van der Waals surface area contributed by atoms with Gasteiger partial charge in [0.05, 0.1) is 0 Å². The van der Waals surface area contributed by atoms with Crippen molar-refractivity contribution in [2.24, 2.45) is 0 Å². The van der Waals surface area contributed by atoms with E-state index in [0.29, 0.717) is 0 Å². The molecule has 17 heavy (non-hydrogen) atoms. The molecule has 0 amide bonds. The number of nitrogens with zero attached hydrogens (tertiary/aromatic N) is 1. The van der Waals surface area contributed by atoms with Gasteiger partial charge in [0.1, 0.15) is 0 Å². The minimum Gasteiger partial charge on any atom is -1.00 e. The van der Waals surface area contributed by atoms with E-state index < -0.39 is 0 Å². The zero-order chi connectivity index (χ0) is 11.1. The van der Waals surface area contributed by atoms with Crippen LogP contribution < -0.4 is 23.9 Å². The normalized spacial score (nSPS) is 10.4. The maximum atomic E-state index is 5.78. The number of hydrogen-bond donors (Lipinski definition) is 2. The molecule has 0 bridgehead atoms. The van der Waals surface area contributed by atoms with Crippen LogP contribution >= 0.6 is 0 Å². The molecule has 0 radical (unpaired) electrons. The standard InChI is InChI=1S/C12H10N3Se.ClH/c13-7-1-3-9-11(5-7)16-12-6-8(14)2-4-10(12)15-9;/h1-6H,13-14H2;1H/q+1;/p-1. The fourth-order valence-electron chi connectivity index (χ4n) is 1.66. The van der Waals surface area contributed by atoms with E-state index in [4.69, 9.17) is 11.5 Å². The van der Waals surface area contributed by atoms with Gasteiger partial charge in [-0.1, -0.05) is 0 Å². The number of fused-ring (bicyclic) bond motifs is 2. The molecule has 3 nitrogen and oxygen atoms in total. The van der Waals surface area contributed by atoms with Gasteiger partial charge in [0.25, 0.3) is 0 Å². The molecule has 0 atom stereocenters. The number of nitrogen functional groups attached to an aromatic ring is 2. The predicted octanol–water partition coefficient (Wildman–Crippen LogP) is -1.11. The summed E-state index contributed by atoms with van der Waals surface area (Å²) in [6.07, 6.45) is 0. The Hall–Kier alpha value is -1.35. The summed E-state index contributed by atoms with van der Waals surface area (Å²) in [5, 5.41) is 0. The van der Waals surface area contributed by atoms with Gasteiger partial charge in [-0.25, -0.2) is 0 Å². The summed E-state index contributed by atoms with van der Waals surface area (Å²) in [5.41, 5.74) is 15.2. The fourth-order valence-corrected chi connectivity index (χ4v) is 3.89. The molecule has 2 aromatic carbocycles. The van der Waals surface area contributed by atoms with E-state index in [1.807, 2.05) is 36.4 Å². The molecular formula is C12H10ClN3Se. The molecule has 0 aliphatic heterocycles. The predicted molar refractivity (Wildman–Crippen MR) is 69.4 cm³/mol. The van der Waals surface area contributed by atoms with E-state index in [1.165, 1.54) is 8.52 Å². The zero-order valence-electron chi connectivity index (χ0n) is 8.85. The third kappa shape index (κ3) is 2.20. The van der Waals surface area contributed by atoms with Gasteiger partial charge in [0, 0.05) is 0 Å². The van der Waals surface area contributed by atoms with Gasteiger partial charge < -0.3 is 12.4 Å².